The van der Waals surface area contributed by atoms with Gasteiger partial charge in [0.25, 0.3) is 10.0 Å². The third kappa shape index (κ3) is 7.64. The third-order valence-electron chi connectivity index (χ3n) is 6.32. The number of rotatable bonds is 12. The van der Waals surface area contributed by atoms with Crippen LogP contribution in [0, 0.1) is 5.82 Å². The van der Waals surface area contributed by atoms with Crippen LogP contribution >= 0.6 is 23.2 Å². The zero-order valence-corrected chi connectivity index (χ0v) is 26.1. The van der Waals surface area contributed by atoms with E-state index in [1.807, 2.05) is 0 Å². The molecule has 9 nitrogen and oxygen atoms in total. The molecule has 0 saturated heterocycles. The average Bonchev–Trinajstić information content (AvgIpc) is 2.95. The summed E-state index contributed by atoms with van der Waals surface area (Å²) < 4.78 is 53.1. The summed E-state index contributed by atoms with van der Waals surface area (Å²) in [5, 5.41) is 3.30. The van der Waals surface area contributed by atoms with Crippen LogP contribution < -0.4 is 19.1 Å². The average molecular weight is 641 g/mol. The van der Waals surface area contributed by atoms with Crippen molar-refractivity contribution in [3.05, 3.63) is 82.1 Å². The molecule has 1 atom stereocenters. The Morgan fingerprint density at radius 1 is 0.929 bits per heavy atom. The normalized spacial score (nSPS) is 12.0. The molecule has 3 aromatic carbocycles. The summed E-state index contributed by atoms with van der Waals surface area (Å²) in [6, 6.07) is 12.2. The SMILES string of the molecule is COc1ccc(S(=O)(=O)N(CC(=O)N(Cc2c(Cl)cccc2Cl)[C@H](C)C(=O)NC(C)C)c2ccc(F)cc2)cc1OC. The van der Waals surface area contributed by atoms with E-state index in [-0.39, 0.29) is 39.0 Å². The Hall–Kier alpha value is -3.54. The lowest BCUT2D eigenvalue weighted by molar-refractivity contribution is -0.139. The van der Waals surface area contributed by atoms with Crippen LogP contribution in [-0.4, -0.2) is 58.0 Å². The number of carbonyl (C=O) groups is 2. The van der Waals surface area contributed by atoms with Gasteiger partial charge in [0.15, 0.2) is 11.5 Å². The Kier molecular flexibility index (Phi) is 11.1. The van der Waals surface area contributed by atoms with E-state index in [1.54, 1.807) is 32.0 Å². The summed E-state index contributed by atoms with van der Waals surface area (Å²) in [5.74, 6) is -1.34. The molecule has 0 bridgehead atoms. The van der Waals surface area contributed by atoms with Crippen molar-refractivity contribution < 1.29 is 31.9 Å². The van der Waals surface area contributed by atoms with Crippen molar-refractivity contribution in [2.45, 2.75) is 44.3 Å². The third-order valence-corrected chi connectivity index (χ3v) is 8.80. The molecule has 0 saturated carbocycles. The lowest BCUT2D eigenvalue weighted by Crippen LogP contribution is -2.52. The van der Waals surface area contributed by atoms with E-state index in [2.05, 4.69) is 5.32 Å². The number of hydrogen-bond donors (Lipinski definition) is 1. The van der Waals surface area contributed by atoms with Gasteiger partial charge in [-0.1, -0.05) is 29.3 Å². The molecule has 0 spiro atoms. The van der Waals surface area contributed by atoms with Gasteiger partial charge in [0.05, 0.1) is 24.8 Å². The van der Waals surface area contributed by atoms with Gasteiger partial charge in [-0.3, -0.25) is 13.9 Å². The molecule has 226 valence electrons. The van der Waals surface area contributed by atoms with Crippen LogP contribution in [0.3, 0.4) is 0 Å². The molecule has 3 aromatic rings. The van der Waals surface area contributed by atoms with Crippen molar-refractivity contribution in [3.63, 3.8) is 0 Å². The van der Waals surface area contributed by atoms with Gasteiger partial charge < -0.3 is 19.7 Å². The lowest BCUT2D eigenvalue weighted by Gasteiger charge is -2.32. The van der Waals surface area contributed by atoms with Crippen molar-refractivity contribution in [1.29, 1.82) is 0 Å². The van der Waals surface area contributed by atoms with E-state index in [0.29, 0.717) is 11.3 Å². The molecular formula is C29H32Cl2FN3O6S. The van der Waals surface area contributed by atoms with Crippen LogP contribution in [0.15, 0.2) is 65.6 Å². The molecule has 1 N–H and O–H groups in total. The quantitative estimate of drug-likeness (QED) is 0.289. The minimum Gasteiger partial charge on any atom is -0.493 e. The van der Waals surface area contributed by atoms with Gasteiger partial charge in [-0.05, 0) is 69.3 Å². The number of halogens is 3. The molecule has 0 heterocycles. The number of methoxy groups -OCH3 is 2. The van der Waals surface area contributed by atoms with E-state index < -0.39 is 40.2 Å². The fraction of sp³-hybridized carbons (Fsp3) is 0.310. The Balaban J connectivity index is 2.10. The maximum Gasteiger partial charge on any atom is 0.264 e. The topological polar surface area (TPSA) is 105 Å². The number of hydrogen-bond acceptors (Lipinski definition) is 6. The fourth-order valence-corrected chi connectivity index (χ4v) is 6.03. The molecule has 3 rings (SSSR count). The lowest BCUT2D eigenvalue weighted by atomic mass is 10.1. The van der Waals surface area contributed by atoms with Gasteiger partial charge in [0.1, 0.15) is 18.4 Å². The monoisotopic (exact) mass is 639 g/mol. The zero-order valence-electron chi connectivity index (χ0n) is 23.7. The number of anilines is 1. The molecule has 0 radical (unpaired) electrons. The molecule has 0 aromatic heterocycles. The largest absolute Gasteiger partial charge is 0.493 e. The van der Waals surface area contributed by atoms with E-state index in [9.17, 15) is 22.4 Å². The van der Waals surface area contributed by atoms with Crippen LogP contribution in [-0.2, 0) is 26.2 Å². The molecule has 0 unspecified atom stereocenters. The van der Waals surface area contributed by atoms with Crippen molar-refractivity contribution in [1.82, 2.24) is 10.2 Å². The number of sulfonamides is 1. The smallest absolute Gasteiger partial charge is 0.264 e. The Bertz CT molecular complexity index is 1520. The Morgan fingerprint density at radius 3 is 2.07 bits per heavy atom. The highest BCUT2D eigenvalue weighted by Gasteiger charge is 2.33. The van der Waals surface area contributed by atoms with Gasteiger partial charge in [0, 0.05) is 34.3 Å². The van der Waals surface area contributed by atoms with Gasteiger partial charge in [0.2, 0.25) is 11.8 Å². The molecule has 0 aliphatic heterocycles. The van der Waals surface area contributed by atoms with E-state index in [1.165, 1.54) is 56.4 Å². The predicted molar refractivity (Wildman–Crippen MR) is 160 cm³/mol. The van der Waals surface area contributed by atoms with Crippen LogP contribution in [0.2, 0.25) is 10.0 Å². The van der Waals surface area contributed by atoms with E-state index in [4.69, 9.17) is 32.7 Å². The van der Waals surface area contributed by atoms with Gasteiger partial charge in [-0.2, -0.15) is 0 Å². The van der Waals surface area contributed by atoms with Crippen molar-refractivity contribution >= 4 is 50.7 Å². The number of nitrogens with zero attached hydrogens (tertiary/aromatic N) is 2. The molecule has 0 fully saturated rings. The zero-order chi connectivity index (χ0) is 31.2. The van der Waals surface area contributed by atoms with Crippen LogP contribution in [0.1, 0.15) is 26.3 Å². The number of carbonyl (C=O) groups excluding carboxylic acids is 2. The summed E-state index contributed by atoms with van der Waals surface area (Å²) in [6.07, 6.45) is 0. The highest BCUT2D eigenvalue weighted by molar-refractivity contribution is 7.92. The summed E-state index contributed by atoms with van der Waals surface area (Å²) in [4.78, 5) is 28.0. The van der Waals surface area contributed by atoms with Crippen molar-refractivity contribution in [2.75, 3.05) is 25.1 Å². The molecule has 13 heteroatoms. The number of benzene rings is 3. The molecule has 2 amide bonds. The van der Waals surface area contributed by atoms with Crippen LogP contribution in [0.4, 0.5) is 10.1 Å². The van der Waals surface area contributed by atoms with Gasteiger partial charge >= 0.3 is 0 Å². The molecule has 0 aliphatic rings. The second-order valence-corrected chi connectivity index (χ2v) is 12.2. The van der Waals surface area contributed by atoms with Gasteiger partial charge in [-0.25, -0.2) is 12.8 Å². The summed E-state index contributed by atoms with van der Waals surface area (Å²) in [5.41, 5.74) is 0.406. The summed E-state index contributed by atoms with van der Waals surface area (Å²) in [7, 11) is -1.67. The number of amides is 2. The van der Waals surface area contributed by atoms with Crippen LogP contribution in [0.25, 0.3) is 0 Å². The highest BCUT2D eigenvalue weighted by Crippen LogP contribution is 2.33. The van der Waals surface area contributed by atoms with Crippen LogP contribution in [0.5, 0.6) is 11.5 Å². The van der Waals surface area contributed by atoms with E-state index in [0.717, 1.165) is 16.4 Å². The molecular weight excluding hydrogens is 608 g/mol. The number of ether oxygens (including phenoxy) is 2. The predicted octanol–water partition coefficient (Wildman–Crippen LogP) is 5.29. The summed E-state index contributed by atoms with van der Waals surface area (Å²) >= 11 is 12.8. The standard InChI is InChI=1S/C29H32Cl2FN3O6S/c1-18(2)33-29(37)19(3)34(16-23-24(30)7-6-8-25(23)31)28(36)17-35(21-11-9-20(32)10-12-21)42(38,39)22-13-14-26(40-4)27(15-22)41-5/h6-15,18-19H,16-17H2,1-5H3,(H,33,37)/t19-/m1/s1. The first-order valence-electron chi connectivity index (χ1n) is 12.8. The van der Waals surface area contributed by atoms with Crippen molar-refractivity contribution in [3.8, 4) is 11.5 Å². The first-order valence-corrected chi connectivity index (χ1v) is 15.0. The summed E-state index contributed by atoms with van der Waals surface area (Å²) in [6.45, 7) is 4.15. The Morgan fingerprint density at radius 2 is 1.52 bits per heavy atom. The molecule has 0 aliphatic carbocycles. The number of nitrogens with one attached hydrogen (secondary N) is 1. The molecule has 42 heavy (non-hydrogen) atoms. The Labute approximate surface area is 255 Å². The minimum absolute atomic E-state index is 0.0227. The van der Waals surface area contributed by atoms with E-state index >= 15 is 0 Å². The first kappa shape index (κ1) is 33.0. The highest BCUT2D eigenvalue weighted by atomic mass is 35.5. The van der Waals surface area contributed by atoms with Gasteiger partial charge in [-0.15, -0.1) is 0 Å². The minimum atomic E-state index is -4.43. The first-order chi connectivity index (χ1) is 19.8. The maximum atomic E-state index is 14.0. The maximum absolute atomic E-state index is 14.0. The van der Waals surface area contributed by atoms with Crippen molar-refractivity contribution in [2.24, 2.45) is 0 Å². The second kappa shape index (κ2) is 14.1. The fourth-order valence-electron chi connectivity index (χ4n) is 4.08. The second-order valence-electron chi connectivity index (χ2n) is 9.57.